The van der Waals surface area contributed by atoms with E-state index in [-0.39, 0.29) is 0 Å². The number of imidazole rings is 1. The smallest absolute Gasteiger partial charge is 0.166 e. The van der Waals surface area contributed by atoms with Crippen LogP contribution in [0.5, 0.6) is 0 Å². The number of benzene rings is 2. The third-order valence-electron chi connectivity index (χ3n) is 3.06. The second-order valence-corrected chi connectivity index (χ2v) is 5.79. The number of aromatic nitrogens is 2. The van der Waals surface area contributed by atoms with Gasteiger partial charge in [0, 0.05) is 18.0 Å². The molecule has 3 rings (SSSR count). The van der Waals surface area contributed by atoms with Gasteiger partial charge in [0.05, 0.1) is 11.0 Å². The molecule has 0 saturated carbocycles. The summed E-state index contributed by atoms with van der Waals surface area (Å²) >= 11 is 1.74. The van der Waals surface area contributed by atoms with Crippen molar-refractivity contribution in [2.24, 2.45) is 0 Å². The minimum absolute atomic E-state index is 0.922. The van der Waals surface area contributed by atoms with E-state index in [0.717, 1.165) is 28.5 Å². The first-order valence-electron chi connectivity index (χ1n) is 6.69. The van der Waals surface area contributed by atoms with Gasteiger partial charge >= 0.3 is 0 Å². The zero-order chi connectivity index (χ0) is 13.8. The molecule has 0 radical (unpaired) electrons. The van der Waals surface area contributed by atoms with Crippen molar-refractivity contribution in [2.45, 2.75) is 12.1 Å². The fourth-order valence-electron chi connectivity index (χ4n) is 2.10. The summed E-state index contributed by atoms with van der Waals surface area (Å²) < 4.78 is 0. The number of H-pyrrole nitrogens is 1. The van der Waals surface area contributed by atoms with Crippen LogP contribution in [0.4, 0.5) is 5.69 Å². The molecule has 1 heterocycles. The number of aryl methyl sites for hydroxylation is 1. The SMILES string of the molecule is Cc1cccc(NCCSc2nc3ccccc3[nH]2)c1. The number of nitrogens with zero attached hydrogens (tertiary/aromatic N) is 1. The Bertz CT molecular complexity index is 673. The van der Waals surface area contributed by atoms with E-state index in [1.54, 1.807) is 11.8 Å². The Kier molecular flexibility index (Phi) is 3.92. The fraction of sp³-hybridized carbons (Fsp3) is 0.188. The summed E-state index contributed by atoms with van der Waals surface area (Å²) in [6, 6.07) is 16.5. The zero-order valence-corrected chi connectivity index (χ0v) is 12.2. The monoisotopic (exact) mass is 283 g/mol. The molecular formula is C16H17N3S. The topological polar surface area (TPSA) is 40.7 Å². The van der Waals surface area contributed by atoms with E-state index in [2.05, 4.69) is 52.5 Å². The number of para-hydroxylation sites is 2. The van der Waals surface area contributed by atoms with E-state index in [1.807, 2.05) is 18.2 Å². The van der Waals surface area contributed by atoms with E-state index in [1.165, 1.54) is 11.3 Å². The van der Waals surface area contributed by atoms with Gasteiger partial charge in [-0.05, 0) is 36.8 Å². The molecule has 102 valence electrons. The predicted molar refractivity (Wildman–Crippen MR) is 86.5 cm³/mol. The molecule has 3 aromatic rings. The lowest BCUT2D eigenvalue weighted by molar-refractivity contribution is 1.07. The van der Waals surface area contributed by atoms with Gasteiger partial charge in [0.1, 0.15) is 0 Å². The Morgan fingerprint density at radius 1 is 1.15 bits per heavy atom. The highest BCUT2D eigenvalue weighted by atomic mass is 32.2. The molecule has 4 heteroatoms. The number of hydrogen-bond acceptors (Lipinski definition) is 3. The van der Waals surface area contributed by atoms with Crippen molar-refractivity contribution in [1.82, 2.24) is 9.97 Å². The molecule has 0 amide bonds. The van der Waals surface area contributed by atoms with E-state index >= 15 is 0 Å². The molecule has 0 spiro atoms. The first-order valence-corrected chi connectivity index (χ1v) is 7.68. The highest BCUT2D eigenvalue weighted by Gasteiger charge is 2.01. The molecule has 0 aliphatic rings. The number of aromatic amines is 1. The Labute approximate surface area is 122 Å². The lowest BCUT2D eigenvalue weighted by Crippen LogP contribution is -2.04. The summed E-state index contributed by atoms with van der Waals surface area (Å²) in [6.07, 6.45) is 0. The van der Waals surface area contributed by atoms with Gasteiger partial charge in [0.25, 0.3) is 0 Å². The van der Waals surface area contributed by atoms with E-state index < -0.39 is 0 Å². The molecule has 0 unspecified atom stereocenters. The van der Waals surface area contributed by atoms with Crippen LogP contribution < -0.4 is 5.32 Å². The standard InChI is InChI=1S/C16H17N3S/c1-12-5-4-6-13(11-12)17-9-10-20-16-18-14-7-2-3-8-15(14)19-16/h2-8,11,17H,9-10H2,1H3,(H,18,19). The van der Waals surface area contributed by atoms with Crippen LogP contribution in [0.2, 0.25) is 0 Å². The third-order valence-corrected chi connectivity index (χ3v) is 3.93. The predicted octanol–water partition coefficient (Wildman–Crippen LogP) is 4.08. The Morgan fingerprint density at radius 2 is 2.05 bits per heavy atom. The normalized spacial score (nSPS) is 10.8. The van der Waals surface area contributed by atoms with Crippen molar-refractivity contribution >= 4 is 28.5 Å². The molecule has 0 aliphatic carbocycles. The van der Waals surface area contributed by atoms with E-state index in [9.17, 15) is 0 Å². The van der Waals surface area contributed by atoms with Gasteiger partial charge in [-0.25, -0.2) is 4.98 Å². The van der Waals surface area contributed by atoms with Gasteiger partial charge in [-0.3, -0.25) is 0 Å². The number of fused-ring (bicyclic) bond motifs is 1. The number of anilines is 1. The van der Waals surface area contributed by atoms with Crippen molar-refractivity contribution in [3.05, 3.63) is 54.1 Å². The van der Waals surface area contributed by atoms with Gasteiger partial charge in [0.2, 0.25) is 0 Å². The fourth-order valence-corrected chi connectivity index (χ4v) is 2.84. The van der Waals surface area contributed by atoms with Crippen LogP contribution in [0.1, 0.15) is 5.56 Å². The minimum atomic E-state index is 0.922. The highest BCUT2D eigenvalue weighted by Crippen LogP contribution is 2.19. The molecule has 0 saturated heterocycles. The second-order valence-electron chi connectivity index (χ2n) is 4.70. The molecular weight excluding hydrogens is 266 g/mol. The third kappa shape index (κ3) is 3.14. The van der Waals surface area contributed by atoms with Gasteiger partial charge in [-0.15, -0.1) is 0 Å². The summed E-state index contributed by atoms with van der Waals surface area (Å²) in [4.78, 5) is 7.88. The molecule has 0 atom stereocenters. The highest BCUT2D eigenvalue weighted by molar-refractivity contribution is 7.99. The molecule has 0 bridgehead atoms. The van der Waals surface area contributed by atoms with Crippen molar-refractivity contribution in [3.63, 3.8) is 0 Å². The summed E-state index contributed by atoms with van der Waals surface area (Å²) in [5, 5.41) is 4.41. The molecule has 2 aromatic carbocycles. The van der Waals surface area contributed by atoms with Gasteiger partial charge < -0.3 is 10.3 Å². The lowest BCUT2D eigenvalue weighted by Gasteiger charge is -2.05. The minimum Gasteiger partial charge on any atom is -0.384 e. The van der Waals surface area contributed by atoms with Crippen LogP contribution in [-0.2, 0) is 0 Å². The first kappa shape index (κ1) is 13.1. The maximum atomic E-state index is 4.55. The van der Waals surface area contributed by atoms with Gasteiger partial charge in [0.15, 0.2) is 5.16 Å². The number of thioether (sulfide) groups is 1. The zero-order valence-electron chi connectivity index (χ0n) is 11.4. The van der Waals surface area contributed by atoms with Crippen molar-refractivity contribution in [3.8, 4) is 0 Å². The van der Waals surface area contributed by atoms with Crippen LogP contribution >= 0.6 is 11.8 Å². The largest absolute Gasteiger partial charge is 0.384 e. The molecule has 1 aromatic heterocycles. The van der Waals surface area contributed by atoms with Crippen LogP contribution in [0.25, 0.3) is 11.0 Å². The summed E-state index contributed by atoms with van der Waals surface area (Å²) in [6.45, 7) is 3.03. The average molecular weight is 283 g/mol. The van der Waals surface area contributed by atoms with Crippen molar-refractivity contribution in [1.29, 1.82) is 0 Å². The maximum Gasteiger partial charge on any atom is 0.166 e. The average Bonchev–Trinajstić information content (AvgIpc) is 2.86. The molecule has 3 nitrogen and oxygen atoms in total. The molecule has 20 heavy (non-hydrogen) atoms. The van der Waals surface area contributed by atoms with Crippen LogP contribution in [0.3, 0.4) is 0 Å². The van der Waals surface area contributed by atoms with Crippen LogP contribution in [-0.4, -0.2) is 22.3 Å². The van der Waals surface area contributed by atoms with Crippen LogP contribution in [0.15, 0.2) is 53.7 Å². The Morgan fingerprint density at radius 3 is 2.90 bits per heavy atom. The number of hydrogen-bond donors (Lipinski definition) is 2. The van der Waals surface area contributed by atoms with Crippen molar-refractivity contribution in [2.75, 3.05) is 17.6 Å². The Balaban J connectivity index is 1.52. The number of nitrogens with one attached hydrogen (secondary N) is 2. The summed E-state index contributed by atoms with van der Waals surface area (Å²) in [5.74, 6) is 0.980. The van der Waals surface area contributed by atoms with E-state index in [4.69, 9.17) is 0 Å². The molecule has 0 aliphatic heterocycles. The number of rotatable bonds is 5. The second kappa shape index (κ2) is 6.01. The maximum absolute atomic E-state index is 4.55. The quantitative estimate of drug-likeness (QED) is 0.547. The van der Waals surface area contributed by atoms with Crippen molar-refractivity contribution < 1.29 is 0 Å². The summed E-state index contributed by atoms with van der Waals surface area (Å²) in [7, 11) is 0. The Hall–Kier alpha value is -1.94. The molecule has 2 N–H and O–H groups in total. The summed E-state index contributed by atoms with van der Waals surface area (Å²) in [5.41, 5.74) is 4.58. The first-order chi connectivity index (χ1) is 9.81. The van der Waals surface area contributed by atoms with E-state index in [0.29, 0.717) is 0 Å². The van der Waals surface area contributed by atoms with Gasteiger partial charge in [-0.2, -0.15) is 0 Å². The van der Waals surface area contributed by atoms with Crippen LogP contribution in [0, 0.1) is 6.92 Å². The molecule has 0 fully saturated rings. The van der Waals surface area contributed by atoms with Gasteiger partial charge in [-0.1, -0.05) is 36.0 Å². The lowest BCUT2D eigenvalue weighted by atomic mass is 10.2.